The number of alkyl halides is 1. The fourth-order valence-corrected chi connectivity index (χ4v) is 3.46. The van der Waals surface area contributed by atoms with Crippen LogP contribution in [0.15, 0.2) is 5.38 Å². The van der Waals surface area contributed by atoms with Crippen molar-refractivity contribution in [1.29, 1.82) is 0 Å². The Bertz CT molecular complexity index is 423. The highest BCUT2D eigenvalue weighted by Gasteiger charge is 2.32. The molecular formula is C12H18ClN3OS. The van der Waals surface area contributed by atoms with Crippen molar-refractivity contribution < 1.29 is 4.79 Å². The normalized spacial score (nSPS) is 22.8. The van der Waals surface area contributed by atoms with Crippen LogP contribution >= 0.6 is 22.9 Å². The lowest BCUT2D eigenvalue weighted by Crippen LogP contribution is -2.55. The highest BCUT2D eigenvalue weighted by Crippen LogP contribution is 2.27. The van der Waals surface area contributed by atoms with Crippen LogP contribution in [-0.4, -0.2) is 34.9 Å². The number of halogens is 1. The molecule has 1 aromatic rings. The number of rotatable bonds is 4. The number of nitrogens with one attached hydrogen (secondary N) is 1. The molecule has 1 fully saturated rings. The van der Waals surface area contributed by atoms with Crippen molar-refractivity contribution in [3.8, 4) is 0 Å². The van der Waals surface area contributed by atoms with Crippen molar-refractivity contribution in [2.24, 2.45) is 0 Å². The van der Waals surface area contributed by atoms with Gasteiger partial charge in [0.2, 0.25) is 5.91 Å². The topological polar surface area (TPSA) is 45.2 Å². The molecule has 4 nitrogen and oxygen atoms in total. The fraction of sp³-hybridized carbons (Fsp3) is 0.667. The smallest absolute Gasteiger partial charge is 0.237 e. The maximum Gasteiger partial charge on any atom is 0.237 e. The minimum Gasteiger partial charge on any atom is -0.353 e. The molecule has 0 aliphatic carbocycles. The summed E-state index contributed by atoms with van der Waals surface area (Å²) in [5.41, 5.74) is 0.915. The predicted octanol–water partition coefficient (Wildman–Crippen LogP) is 2.15. The summed E-state index contributed by atoms with van der Waals surface area (Å²) in [4.78, 5) is 18.6. The SMILES string of the molecule is CCC1C(=O)NCCN1C(C)c1nc(CCl)cs1. The van der Waals surface area contributed by atoms with Gasteiger partial charge in [0.15, 0.2) is 0 Å². The van der Waals surface area contributed by atoms with E-state index in [0.717, 1.165) is 23.7 Å². The van der Waals surface area contributed by atoms with Crippen LogP contribution in [0.3, 0.4) is 0 Å². The first-order valence-corrected chi connectivity index (χ1v) is 7.62. The van der Waals surface area contributed by atoms with Crippen LogP contribution in [0.5, 0.6) is 0 Å². The van der Waals surface area contributed by atoms with Crippen molar-refractivity contribution >= 4 is 28.8 Å². The first-order chi connectivity index (χ1) is 8.67. The summed E-state index contributed by atoms with van der Waals surface area (Å²) in [7, 11) is 0. The van der Waals surface area contributed by atoms with Gasteiger partial charge in [0.25, 0.3) is 0 Å². The number of carbonyl (C=O) groups is 1. The first-order valence-electron chi connectivity index (χ1n) is 6.21. The molecule has 1 saturated heterocycles. The van der Waals surface area contributed by atoms with Gasteiger partial charge in [-0.15, -0.1) is 22.9 Å². The Kier molecular flexibility index (Phi) is 4.59. The van der Waals surface area contributed by atoms with Gasteiger partial charge in [-0.25, -0.2) is 4.98 Å². The van der Waals surface area contributed by atoms with Gasteiger partial charge in [-0.1, -0.05) is 6.92 Å². The van der Waals surface area contributed by atoms with Crippen LogP contribution in [0.1, 0.15) is 37.0 Å². The van der Waals surface area contributed by atoms with E-state index >= 15 is 0 Å². The lowest BCUT2D eigenvalue weighted by Gasteiger charge is -2.37. The highest BCUT2D eigenvalue weighted by atomic mass is 35.5. The Morgan fingerprint density at radius 1 is 1.72 bits per heavy atom. The molecular weight excluding hydrogens is 270 g/mol. The van der Waals surface area contributed by atoms with Crippen molar-refractivity contribution in [1.82, 2.24) is 15.2 Å². The molecule has 2 heterocycles. The number of hydrogen-bond acceptors (Lipinski definition) is 4. The van der Waals surface area contributed by atoms with Crippen LogP contribution in [0, 0.1) is 0 Å². The average Bonchev–Trinajstić information content (AvgIpc) is 2.86. The number of thiazole rings is 1. The third-order valence-electron chi connectivity index (χ3n) is 3.32. The van der Waals surface area contributed by atoms with Gasteiger partial charge in [-0.3, -0.25) is 9.69 Å². The van der Waals surface area contributed by atoms with Crippen LogP contribution < -0.4 is 5.32 Å². The lowest BCUT2D eigenvalue weighted by atomic mass is 10.1. The Morgan fingerprint density at radius 2 is 2.50 bits per heavy atom. The van der Waals surface area contributed by atoms with Gasteiger partial charge < -0.3 is 5.32 Å². The molecule has 2 rings (SSSR count). The van der Waals surface area contributed by atoms with E-state index in [1.165, 1.54) is 0 Å². The lowest BCUT2D eigenvalue weighted by molar-refractivity contribution is -0.130. The number of amides is 1. The molecule has 0 saturated carbocycles. The minimum absolute atomic E-state index is 0.0444. The van der Waals surface area contributed by atoms with Crippen molar-refractivity contribution in [2.75, 3.05) is 13.1 Å². The summed E-state index contributed by atoms with van der Waals surface area (Å²) < 4.78 is 0. The van der Waals surface area contributed by atoms with E-state index in [2.05, 4.69) is 22.1 Å². The van der Waals surface area contributed by atoms with Crippen LogP contribution in [0.25, 0.3) is 0 Å². The second-order valence-corrected chi connectivity index (χ2v) is 5.60. The zero-order valence-electron chi connectivity index (χ0n) is 10.6. The standard InChI is InChI=1S/C12H18ClN3OS/c1-3-10-11(17)14-4-5-16(10)8(2)12-15-9(6-13)7-18-12/h7-8,10H,3-6H2,1-2H3,(H,14,17). The molecule has 1 aromatic heterocycles. The van der Waals surface area contributed by atoms with E-state index in [4.69, 9.17) is 11.6 Å². The predicted molar refractivity (Wildman–Crippen MR) is 73.9 cm³/mol. The third kappa shape index (κ3) is 2.68. The van der Waals surface area contributed by atoms with Gasteiger partial charge in [0.1, 0.15) is 5.01 Å². The second-order valence-electron chi connectivity index (χ2n) is 4.44. The van der Waals surface area contributed by atoms with E-state index in [0.29, 0.717) is 12.4 Å². The molecule has 0 spiro atoms. The summed E-state index contributed by atoms with van der Waals surface area (Å²) in [6, 6.07) is 0.125. The molecule has 6 heteroatoms. The Hall–Kier alpha value is -0.650. The van der Waals surface area contributed by atoms with Crippen molar-refractivity contribution in [3.05, 3.63) is 16.1 Å². The Balaban J connectivity index is 2.15. The summed E-state index contributed by atoms with van der Waals surface area (Å²) in [5.74, 6) is 0.575. The number of piperazine rings is 1. The molecule has 0 radical (unpaired) electrons. The van der Waals surface area contributed by atoms with Crippen LogP contribution in [-0.2, 0) is 10.7 Å². The Labute approximate surface area is 116 Å². The average molecular weight is 288 g/mol. The quantitative estimate of drug-likeness (QED) is 0.863. The second kappa shape index (κ2) is 5.99. The molecule has 1 N–H and O–H groups in total. The number of aromatic nitrogens is 1. The van der Waals surface area contributed by atoms with E-state index in [1.54, 1.807) is 11.3 Å². The third-order valence-corrected chi connectivity index (χ3v) is 4.66. The molecule has 1 amide bonds. The monoisotopic (exact) mass is 287 g/mol. The molecule has 2 atom stereocenters. The van der Waals surface area contributed by atoms with E-state index in [9.17, 15) is 4.79 Å². The molecule has 1 aliphatic heterocycles. The number of hydrogen-bond donors (Lipinski definition) is 1. The van der Waals surface area contributed by atoms with Crippen LogP contribution in [0.2, 0.25) is 0 Å². The fourth-order valence-electron chi connectivity index (χ4n) is 2.33. The molecule has 0 bridgehead atoms. The summed E-state index contributed by atoms with van der Waals surface area (Å²) in [6.45, 7) is 5.74. The number of nitrogens with zero attached hydrogens (tertiary/aromatic N) is 2. The van der Waals surface area contributed by atoms with E-state index < -0.39 is 0 Å². The summed E-state index contributed by atoms with van der Waals surface area (Å²) in [5, 5.41) is 5.95. The summed E-state index contributed by atoms with van der Waals surface area (Å²) >= 11 is 7.40. The molecule has 0 aromatic carbocycles. The molecule has 100 valence electrons. The molecule has 18 heavy (non-hydrogen) atoms. The zero-order valence-corrected chi connectivity index (χ0v) is 12.2. The Morgan fingerprint density at radius 3 is 3.11 bits per heavy atom. The highest BCUT2D eigenvalue weighted by molar-refractivity contribution is 7.09. The van der Waals surface area contributed by atoms with Gasteiger partial charge in [-0.2, -0.15) is 0 Å². The van der Waals surface area contributed by atoms with Gasteiger partial charge >= 0.3 is 0 Å². The van der Waals surface area contributed by atoms with Gasteiger partial charge in [0, 0.05) is 18.5 Å². The molecule has 1 aliphatic rings. The largest absolute Gasteiger partial charge is 0.353 e. The maximum absolute atomic E-state index is 11.8. The van der Waals surface area contributed by atoms with Gasteiger partial charge in [-0.05, 0) is 13.3 Å². The zero-order chi connectivity index (χ0) is 13.1. The summed E-state index contributed by atoms with van der Waals surface area (Å²) in [6.07, 6.45) is 0.823. The van der Waals surface area contributed by atoms with E-state index in [-0.39, 0.29) is 18.0 Å². The van der Waals surface area contributed by atoms with E-state index in [1.807, 2.05) is 12.3 Å². The van der Waals surface area contributed by atoms with Crippen molar-refractivity contribution in [3.63, 3.8) is 0 Å². The molecule has 2 unspecified atom stereocenters. The maximum atomic E-state index is 11.8. The van der Waals surface area contributed by atoms with Crippen LogP contribution in [0.4, 0.5) is 0 Å². The minimum atomic E-state index is -0.0444. The van der Waals surface area contributed by atoms with Crippen molar-refractivity contribution in [2.45, 2.75) is 38.2 Å². The van der Waals surface area contributed by atoms with Gasteiger partial charge in [0.05, 0.1) is 23.7 Å². The first kappa shape index (κ1) is 13.8. The number of carbonyl (C=O) groups excluding carboxylic acids is 1.